The van der Waals surface area contributed by atoms with Gasteiger partial charge in [0.05, 0.1) is 5.69 Å². The van der Waals surface area contributed by atoms with Crippen LogP contribution >= 0.6 is 11.3 Å². The van der Waals surface area contributed by atoms with Crippen LogP contribution in [0.4, 0.5) is 5.13 Å². The molecule has 3 N–H and O–H groups in total. The van der Waals surface area contributed by atoms with Gasteiger partial charge >= 0.3 is 0 Å². The first-order valence-electron chi connectivity index (χ1n) is 5.12. The highest BCUT2D eigenvalue weighted by atomic mass is 32.2. The summed E-state index contributed by atoms with van der Waals surface area (Å²) in [5.41, 5.74) is 0.442. The third-order valence-corrected chi connectivity index (χ3v) is 5.11. The molecule has 0 saturated carbocycles. The van der Waals surface area contributed by atoms with E-state index in [1.807, 2.05) is 14.1 Å². The Labute approximate surface area is 106 Å². The molecule has 1 rings (SSSR count). The molecule has 0 fully saturated rings. The van der Waals surface area contributed by atoms with Gasteiger partial charge in [0.15, 0.2) is 9.34 Å². The van der Waals surface area contributed by atoms with E-state index in [-0.39, 0.29) is 4.21 Å². The fourth-order valence-corrected chi connectivity index (χ4v) is 3.01. The van der Waals surface area contributed by atoms with Crippen molar-refractivity contribution < 1.29 is 8.42 Å². The topological polar surface area (TPSA) is 88.3 Å². The van der Waals surface area contributed by atoms with Gasteiger partial charge in [0.1, 0.15) is 0 Å². The summed E-state index contributed by atoms with van der Waals surface area (Å²) in [6, 6.07) is 0.331. The van der Waals surface area contributed by atoms with Crippen LogP contribution in [0.2, 0.25) is 0 Å². The first-order valence-corrected chi connectivity index (χ1v) is 7.48. The zero-order valence-electron chi connectivity index (χ0n) is 10.4. The van der Waals surface area contributed by atoms with Crippen LogP contribution in [0.15, 0.2) is 4.21 Å². The molecule has 1 unspecified atom stereocenters. The normalized spacial score (nSPS) is 14.0. The lowest BCUT2D eigenvalue weighted by Crippen LogP contribution is -2.31. The predicted octanol–water partition coefficient (Wildman–Crippen LogP) is 0.461. The van der Waals surface area contributed by atoms with Gasteiger partial charge in [0, 0.05) is 12.6 Å². The Balaban J connectivity index is 2.75. The molecule has 0 aromatic carbocycles. The largest absolute Gasteiger partial charge is 0.360 e. The van der Waals surface area contributed by atoms with Crippen LogP contribution in [-0.4, -0.2) is 45.0 Å². The second kappa shape index (κ2) is 5.30. The summed E-state index contributed by atoms with van der Waals surface area (Å²) in [5, 5.41) is 8.77. The van der Waals surface area contributed by atoms with E-state index in [2.05, 4.69) is 22.1 Å². The second-order valence-electron chi connectivity index (χ2n) is 4.13. The summed E-state index contributed by atoms with van der Waals surface area (Å²) in [4.78, 5) is 6.20. The quantitative estimate of drug-likeness (QED) is 0.817. The number of hydrogen-bond donors (Lipinski definition) is 2. The van der Waals surface area contributed by atoms with Gasteiger partial charge < -0.3 is 10.2 Å². The molecular formula is C9H18N4O2S2. The fourth-order valence-electron chi connectivity index (χ4n) is 1.14. The Kier molecular flexibility index (Phi) is 4.48. The molecule has 98 valence electrons. The molecule has 0 spiro atoms. The van der Waals surface area contributed by atoms with Crippen LogP contribution in [-0.2, 0) is 10.0 Å². The van der Waals surface area contributed by atoms with Gasteiger partial charge in [-0.2, -0.15) is 0 Å². The van der Waals surface area contributed by atoms with Gasteiger partial charge in [-0.15, -0.1) is 0 Å². The van der Waals surface area contributed by atoms with Crippen LogP contribution < -0.4 is 10.5 Å². The van der Waals surface area contributed by atoms with Crippen molar-refractivity contribution in [1.29, 1.82) is 0 Å². The molecule has 6 nitrogen and oxygen atoms in total. The monoisotopic (exact) mass is 278 g/mol. The third kappa shape index (κ3) is 3.91. The smallest absolute Gasteiger partial charge is 0.249 e. The maximum atomic E-state index is 11.2. The number of rotatable bonds is 5. The Bertz CT molecular complexity index is 481. The van der Waals surface area contributed by atoms with Crippen molar-refractivity contribution in [3.8, 4) is 0 Å². The Morgan fingerprint density at radius 3 is 2.53 bits per heavy atom. The highest BCUT2D eigenvalue weighted by Gasteiger charge is 2.17. The van der Waals surface area contributed by atoms with E-state index < -0.39 is 10.0 Å². The molecule has 1 aromatic rings. The lowest BCUT2D eigenvalue weighted by atomic mass is 10.3. The van der Waals surface area contributed by atoms with Gasteiger partial charge in [-0.1, -0.05) is 11.3 Å². The molecule has 8 heteroatoms. The molecule has 0 radical (unpaired) electrons. The highest BCUT2D eigenvalue weighted by molar-refractivity contribution is 7.91. The van der Waals surface area contributed by atoms with Gasteiger partial charge in [-0.25, -0.2) is 18.5 Å². The summed E-state index contributed by atoms with van der Waals surface area (Å²) in [5.74, 6) is 0. The minimum absolute atomic E-state index is 0.123. The number of nitrogens with one attached hydrogen (secondary N) is 1. The molecule has 0 saturated heterocycles. The molecule has 17 heavy (non-hydrogen) atoms. The number of likely N-dealkylation sites (N-methyl/N-ethyl adjacent to an activating group) is 1. The molecule has 0 bridgehead atoms. The van der Waals surface area contributed by atoms with E-state index in [1.165, 1.54) is 0 Å². The van der Waals surface area contributed by atoms with Crippen LogP contribution in [0.25, 0.3) is 0 Å². The van der Waals surface area contributed by atoms with Crippen LogP contribution in [0.1, 0.15) is 12.6 Å². The number of hydrogen-bond acceptors (Lipinski definition) is 6. The van der Waals surface area contributed by atoms with Crippen molar-refractivity contribution in [2.24, 2.45) is 5.14 Å². The summed E-state index contributed by atoms with van der Waals surface area (Å²) in [6.07, 6.45) is 0. The molecule has 0 aliphatic carbocycles. The zero-order chi connectivity index (χ0) is 13.2. The average molecular weight is 278 g/mol. The third-order valence-electron chi connectivity index (χ3n) is 2.44. The first-order chi connectivity index (χ1) is 7.71. The average Bonchev–Trinajstić information content (AvgIpc) is 2.55. The molecule has 1 heterocycles. The van der Waals surface area contributed by atoms with E-state index in [0.717, 1.165) is 11.3 Å². The van der Waals surface area contributed by atoms with Gasteiger partial charge in [0.25, 0.3) is 0 Å². The van der Waals surface area contributed by atoms with Crippen molar-refractivity contribution in [2.45, 2.75) is 24.1 Å². The van der Waals surface area contributed by atoms with Crippen molar-refractivity contribution >= 4 is 26.5 Å². The number of nitrogens with zero attached hydrogens (tertiary/aromatic N) is 2. The molecule has 0 aliphatic rings. The molecule has 0 amide bonds. The van der Waals surface area contributed by atoms with E-state index in [4.69, 9.17) is 5.14 Å². The maximum Gasteiger partial charge on any atom is 0.249 e. The lowest BCUT2D eigenvalue weighted by Gasteiger charge is -2.19. The van der Waals surface area contributed by atoms with Gasteiger partial charge in [-0.05, 0) is 27.9 Å². The van der Waals surface area contributed by atoms with E-state index >= 15 is 0 Å². The number of anilines is 1. The minimum atomic E-state index is -3.66. The van der Waals surface area contributed by atoms with E-state index in [0.29, 0.717) is 23.4 Å². The molecule has 1 aromatic heterocycles. The maximum absolute atomic E-state index is 11.2. The Hall–Kier alpha value is -0.700. The first kappa shape index (κ1) is 14.4. The Morgan fingerprint density at radius 2 is 2.12 bits per heavy atom. The molecular weight excluding hydrogens is 260 g/mol. The van der Waals surface area contributed by atoms with Crippen molar-refractivity contribution in [3.05, 3.63) is 5.69 Å². The number of aryl methyl sites for hydroxylation is 1. The molecule has 0 aliphatic heterocycles. The van der Waals surface area contributed by atoms with Crippen LogP contribution in [0.5, 0.6) is 0 Å². The van der Waals surface area contributed by atoms with Crippen LogP contribution in [0.3, 0.4) is 0 Å². The van der Waals surface area contributed by atoms with Crippen molar-refractivity contribution in [1.82, 2.24) is 9.88 Å². The van der Waals surface area contributed by atoms with Crippen molar-refractivity contribution in [3.63, 3.8) is 0 Å². The number of thiazole rings is 1. The van der Waals surface area contributed by atoms with Crippen molar-refractivity contribution in [2.75, 3.05) is 26.0 Å². The molecule has 1 atom stereocenters. The van der Waals surface area contributed by atoms with Crippen LogP contribution in [0, 0.1) is 6.92 Å². The van der Waals surface area contributed by atoms with E-state index in [1.54, 1.807) is 6.92 Å². The summed E-state index contributed by atoms with van der Waals surface area (Å²) in [6.45, 7) is 4.40. The fraction of sp³-hybridized carbons (Fsp3) is 0.667. The summed E-state index contributed by atoms with van der Waals surface area (Å²) >= 11 is 1.07. The number of primary sulfonamides is 1. The number of sulfonamides is 1. The summed E-state index contributed by atoms with van der Waals surface area (Å²) in [7, 11) is 0.301. The number of aromatic nitrogens is 1. The SMILES string of the molecule is Cc1nc(NCC(C)N(C)C)sc1S(N)(=O)=O. The van der Waals surface area contributed by atoms with Gasteiger partial charge in [-0.3, -0.25) is 0 Å². The zero-order valence-corrected chi connectivity index (χ0v) is 12.0. The van der Waals surface area contributed by atoms with E-state index in [9.17, 15) is 8.42 Å². The van der Waals surface area contributed by atoms with Gasteiger partial charge in [0.2, 0.25) is 10.0 Å². The standard InChI is InChI=1S/C9H18N4O2S2/c1-6(13(3)4)5-11-9-12-7(2)8(16-9)17(10,14)15/h6H,5H2,1-4H3,(H,11,12)(H2,10,14,15). The highest BCUT2D eigenvalue weighted by Crippen LogP contribution is 2.25. The Morgan fingerprint density at radius 1 is 1.53 bits per heavy atom. The lowest BCUT2D eigenvalue weighted by molar-refractivity contribution is 0.326. The predicted molar refractivity (Wildman–Crippen MR) is 69.9 cm³/mol. The number of nitrogens with two attached hydrogens (primary N) is 1. The minimum Gasteiger partial charge on any atom is -0.360 e. The summed E-state index contributed by atoms with van der Waals surface area (Å²) < 4.78 is 22.6. The second-order valence-corrected chi connectivity index (χ2v) is 6.89.